The Morgan fingerprint density at radius 3 is 1.70 bits per heavy atom. The molecule has 33 heavy (non-hydrogen) atoms. The monoisotopic (exact) mass is 506 g/mol. The van der Waals surface area contributed by atoms with Crippen LogP contribution in [0.3, 0.4) is 0 Å². The first kappa shape index (κ1) is 32.4. The number of carbonyl (C=O) groups excluding carboxylic acids is 2. The zero-order valence-electron chi connectivity index (χ0n) is 20.8. The molecule has 0 aromatic heterocycles. The van der Waals surface area contributed by atoms with Gasteiger partial charge >= 0.3 is 20.6 Å². The van der Waals surface area contributed by atoms with Crippen molar-refractivity contribution >= 4 is 33.3 Å². The fourth-order valence-corrected chi connectivity index (χ4v) is 4.03. The molecular weight excluding hydrogens is 459 g/mol. The van der Waals surface area contributed by atoms with Gasteiger partial charge in [0, 0.05) is 12.8 Å². The number of hydrogen-bond donors (Lipinski definition) is 1. The second kappa shape index (κ2) is 26.0. The van der Waals surface area contributed by atoms with E-state index in [1.807, 2.05) is 0 Å². The minimum absolute atomic E-state index is 0.0608. The molecule has 0 amide bonds. The molecule has 0 aliphatic rings. The molecule has 0 aliphatic heterocycles. The van der Waals surface area contributed by atoms with Gasteiger partial charge in [-0.05, 0) is 25.0 Å². The van der Waals surface area contributed by atoms with Crippen LogP contribution in [0.15, 0.2) is 0 Å². The minimum Gasteiger partial charge on any atom is -0.462 e. The van der Waals surface area contributed by atoms with Crippen molar-refractivity contribution in [1.29, 1.82) is 0 Å². The molecular formula is C25H47O6PS. The van der Waals surface area contributed by atoms with Gasteiger partial charge in [-0.2, -0.15) is 12.6 Å². The van der Waals surface area contributed by atoms with Gasteiger partial charge in [-0.15, -0.1) is 0 Å². The van der Waals surface area contributed by atoms with Gasteiger partial charge in [0.25, 0.3) is 0 Å². The first-order chi connectivity index (χ1) is 16.1. The smallest absolute Gasteiger partial charge is 0.327 e. The van der Waals surface area contributed by atoms with Crippen LogP contribution in [0.2, 0.25) is 0 Å². The summed E-state index contributed by atoms with van der Waals surface area (Å²) in [4.78, 5) is 24.1. The van der Waals surface area contributed by atoms with E-state index in [9.17, 15) is 14.2 Å². The van der Waals surface area contributed by atoms with E-state index in [-0.39, 0.29) is 25.2 Å². The second-order valence-electron chi connectivity index (χ2n) is 8.69. The topological polar surface area (TPSA) is 78.9 Å². The number of unbranched alkanes of at least 4 members (excludes halogenated alkanes) is 14. The summed E-state index contributed by atoms with van der Waals surface area (Å²) in [6.07, 6.45) is 18.2. The highest BCUT2D eigenvalue weighted by molar-refractivity contribution is 7.80. The standard InChI is InChI=1S/C25H47O6PS/c1-2-3-4-5-6-9-13-16-19-25(27)31-23(22-30-32-28)21-29-24(26)18-15-12-10-7-8-11-14-17-20-33/h23,33H,2-22H2,1H3/t23-/m1/s1. The Labute approximate surface area is 209 Å². The van der Waals surface area contributed by atoms with Crippen LogP contribution in [0.5, 0.6) is 0 Å². The summed E-state index contributed by atoms with van der Waals surface area (Å²) in [6.45, 7) is 2.08. The number of hydrogen-bond acceptors (Lipinski definition) is 7. The van der Waals surface area contributed by atoms with Gasteiger partial charge in [-0.3, -0.25) is 14.1 Å². The van der Waals surface area contributed by atoms with Gasteiger partial charge in [0.1, 0.15) is 13.2 Å². The van der Waals surface area contributed by atoms with E-state index >= 15 is 0 Å². The number of esters is 2. The van der Waals surface area contributed by atoms with Crippen molar-refractivity contribution in [1.82, 2.24) is 0 Å². The normalized spacial score (nSPS) is 12.1. The van der Waals surface area contributed by atoms with Gasteiger partial charge in [-0.25, -0.2) is 4.57 Å². The number of carbonyl (C=O) groups is 2. The lowest BCUT2D eigenvalue weighted by Gasteiger charge is -2.16. The van der Waals surface area contributed by atoms with Crippen molar-refractivity contribution in [2.75, 3.05) is 19.0 Å². The molecule has 0 saturated carbocycles. The van der Waals surface area contributed by atoms with Gasteiger partial charge in [0.2, 0.25) is 0 Å². The fourth-order valence-electron chi connectivity index (χ4n) is 3.58. The van der Waals surface area contributed by atoms with Crippen LogP contribution in [-0.2, 0) is 28.2 Å². The van der Waals surface area contributed by atoms with E-state index in [1.54, 1.807) is 0 Å². The third kappa shape index (κ3) is 24.3. The third-order valence-corrected chi connectivity index (χ3v) is 6.14. The Bertz CT molecular complexity index is 478. The molecule has 1 atom stereocenters. The van der Waals surface area contributed by atoms with Crippen LogP contribution < -0.4 is 0 Å². The fraction of sp³-hybridized carbons (Fsp3) is 0.920. The van der Waals surface area contributed by atoms with Crippen LogP contribution >= 0.6 is 21.3 Å². The molecule has 0 radical (unpaired) electrons. The summed E-state index contributed by atoms with van der Waals surface area (Å²) in [5.74, 6) is 0.333. The van der Waals surface area contributed by atoms with Crippen molar-refractivity contribution in [3.05, 3.63) is 0 Å². The molecule has 0 bridgehead atoms. The Balaban J connectivity index is 3.87. The largest absolute Gasteiger partial charge is 0.462 e. The first-order valence-electron chi connectivity index (χ1n) is 13.0. The van der Waals surface area contributed by atoms with Crippen LogP contribution in [0.25, 0.3) is 0 Å². The molecule has 0 aliphatic carbocycles. The average molecular weight is 507 g/mol. The molecule has 0 aromatic carbocycles. The Morgan fingerprint density at radius 1 is 0.697 bits per heavy atom. The molecule has 0 rings (SSSR count). The van der Waals surface area contributed by atoms with E-state index in [4.69, 9.17) is 14.0 Å². The zero-order valence-corrected chi connectivity index (χ0v) is 22.6. The number of rotatable bonds is 25. The molecule has 0 aromatic rings. The molecule has 6 nitrogen and oxygen atoms in total. The SMILES string of the molecule is CCCCCCCCCCC(=O)O[C@@H](COP=O)COC(=O)CCCCCCCCCCS. The summed E-state index contributed by atoms with van der Waals surface area (Å²) < 4.78 is 26.0. The quantitative estimate of drug-likeness (QED) is 0.0593. The van der Waals surface area contributed by atoms with Crippen LogP contribution in [-0.4, -0.2) is 37.0 Å². The first-order valence-corrected chi connectivity index (χ1v) is 14.4. The van der Waals surface area contributed by atoms with Gasteiger partial charge < -0.3 is 9.47 Å². The third-order valence-electron chi connectivity index (χ3n) is 5.56. The lowest BCUT2D eigenvalue weighted by molar-refractivity contribution is -0.160. The predicted molar refractivity (Wildman–Crippen MR) is 137 cm³/mol. The number of ether oxygens (including phenoxy) is 2. The lowest BCUT2D eigenvalue weighted by atomic mass is 10.1. The van der Waals surface area contributed by atoms with Gasteiger partial charge in [-0.1, -0.05) is 90.4 Å². The molecule has 8 heteroatoms. The molecule has 0 heterocycles. The van der Waals surface area contributed by atoms with E-state index in [0.717, 1.165) is 44.3 Å². The second-order valence-corrected chi connectivity index (χ2v) is 9.55. The molecule has 0 spiro atoms. The van der Waals surface area contributed by atoms with Gasteiger partial charge in [0.05, 0.1) is 0 Å². The van der Waals surface area contributed by atoms with Crippen LogP contribution in [0, 0.1) is 0 Å². The maximum Gasteiger partial charge on any atom is 0.327 e. The van der Waals surface area contributed by atoms with E-state index < -0.39 is 14.8 Å². The molecule has 0 saturated heterocycles. The van der Waals surface area contributed by atoms with E-state index in [2.05, 4.69) is 19.6 Å². The van der Waals surface area contributed by atoms with E-state index in [1.165, 1.54) is 64.2 Å². The Morgan fingerprint density at radius 2 is 1.18 bits per heavy atom. The maximum absolute atomic E-state index is 12.1. The van der Waals surface area contributed by atoms with Crippen molar-refractivity contribution in [3.8, 4) is 0 Å². The van der Waals surface area contributed by atoms with Crippen molar-refractivity contribution < 1.29 is 28.2 Å². The summed E-state index contributed by atoms with van der Waals surface area (Å²) in [5, 5.41) is 0. The zero-order chi connectivity index (χ0) is 24.4. The highest BCUT2D eigenvalue weighted by Crippen LogP contribution is 2.12. The molecule has 0 unspecified atom stereocenters. The average Bonchev–Trinajstić information content (AvgIpc) is 2.81. The summed E-state index contributed by atoms with van der Waals surface area (Å²) >= 11 is 4.22. The maximum atomic E-state index is 12.1. The molecule has 0 N–H and O–H groups in total. The van der Waals surface area contributed by atoms with Crippen LogP contribution in [0.4, 0.5) is 0 Å². The van der Waals surface area contributed by atoms with Crippen LogP contribution in [0.1, 0.15) is 122 Å². The van der Waals surface area contributed by atoms with Gasteiger partial charge in [0.15, 0.2) is 6.10 Å². The number of thiol groups is 1. The summed E-state index contributed by atoms with van der Waals surface area (Å²) in [7, 11) is -0.487. The molecule has 194 valence electrons. The van der Waals surface area contributed by atoms with Crippen molar-refractivity contribution in [3.63, 3.8) is 0 Å². The highest BCUT2D eigenvalue weighted by atomic mass is 32.1. The van der Waals surface area contributed by atoms with Crippen molar-refractivity contribution in [2.45, 2.75) is 129 Å². The highest BCUT2D eigenvalue weighted by Gasteiger charge is 2.17. The molecule has 0 fully saturated rings. The minimum atomic E-state index is -0.728. The Kier molecular flexibility index (Phi) is 25.5. The van der Waals surface area contributed by atoms with E-state index in [0.29, 0.717) is 12.8 Å². The lowest BCUT2D eigenvalue weighted by Crippen LogP contribution is -2.28. The summed E-state index contributed by atoms with van der Waals surface area (Å²) in [5.41, 5.74) is 0. The van der Waals surface area contributed by atoms with Crippen molar-refractivity contribution in [2.24, 2.45) is 0 Å². The Hall–Kier alpha value is -0.650. The summed E-state index contributed by atoms with van der Waals surface area (Å²) in [6, 6.07) is 0. The predicted octanol–water partition coefficient (Wildman–Crippen LogP) is 7.64.